The third-order valence-electron chi connectivity index (χ3n) is 2.95. The van der Waals surface area contributed by atoms with Gasteiger partial charge in [-0.05, 0) is 6.92 Å². The fourth-order valence-corrected chi connectivity index (χ4v) is 3.35. The molecule has 1 heterocycles. The number of hydrogen-bond donors (Lipinski definition) is 2. The molecule has 0 saturated heterocycles. The van der Waals surface area contributed by atoms with Crippen molar-refractivity contribution >= 4 is 11.8 Å². The van der Waals surface area contributed by atoms with Gasteiger partial charge in [0.05, 0.1) is 0 Å². The van der Waals surface area contributed by atoms with Crippen molar-refractivity contribution < 1.29 is 0 Å². The van der Waals surface area contributed by atoms with Gasteiger partial charge in [0.25, 0.3) is 0 Å². The van der Waals surface area contributed by atoms with Gasteiger partial charge in [0.15, 0.2) is 0 Å². The van der Waals surface area contributed by atoms with Crippen LogP contribution < -0.4 is 11.1 Å². The first kappa shape index (κ1) is 12.8. The first-order chi connectivity index (χ1) is 6.81. The lowest BCUT2D eigenvalue weighted by Gasteiger charge is -2.30. The summed E-state index contributed by atoms with van der Waals surface area (Å²) in [5, 5.41) is 3.46. The standard InChI is InChI=1S/C12H24N2S/c1-6-14-10-9(13)11(2,3)7-15-8-12(10,4)5/h14H,6-8,13H2,1-5H3. The smallest absolute Gasteiger partial charge is 0.0369 e. The summed E-state index contributed by atoms with van der Waals surface area (Å²) in [6, 6.07) is 0. The fourth-order valence-electron chi connectivity index (χ4n) is 1.93. The summed E-state index contributed by atoms with van der Waals surface area (Å²) in [4.78, 5) is 0. The molecular weight excluding hydrogens is 204 g/mol. The lowest BCUT2D eigenvalue weighted by atomic mass is 9.82. The van der Waals surface area contributed by atoms with Crippen molar-refractivity contribution in [2.45, 2.75) is 34.6 Å². The average molecular weight is 228 g/mol. The molecule has 0 spiro atoms. The first-order valence-corrected chi connectivity index (χ1v) is 6.79. The highest BCUT2D eigenvalue weighted by Gasteiger charge is 2.35. The van der Waals surface area contributed by atoms with Gasteiger partial charge in [-0.2, -0.15) is 11.8 Å². The maximum absolute atomic E-state index is 6.32. The minimum Gasteiger partial charge on any atom is -0.400 e. The van der Waals surface area contributed by atoms with E-state index in [0.717, 1.165) is 23.7 Å². The predicted molar refractivity (Wildman–Crippen MR) is 69.8 cm³/mol. The van der Waals surface area contributed by atoms with Crippen LogP contribution in [0, 0.1) is 10.8 Å². The van der Waals surface area contributed by atoms with Gasteiger partial charge < -0.3 is 11.1 Å². The number of hydrogen-bond acceptors (Lipinski definition) is 3. The van der Waals surface area contributed by atoms with Gasteiger partial charge in [0, 0.05) is 40.3 Å². The van der Waals surface area contributed by atoms with Crippen LogP contribution in [-0.4, -0.2) is 18.1 Å². The average Bonchev–Trinajstić information content (AvgIpc) is 2.17. The summed E-state index contributed by atoms with van der Waals surface area (Å²) >= 11 is 2.00. The van der Waals surface area contributed by atoms with E-state index in [2.05, 4.69) is 39.9 Å². The van der Waals surface area contributed by atoms with Crippen LogP contribution in [0.3, 0.4) is 0 Å². The van der Waals surface area contributed by atoms with E-state index in [1.807, 2.05) is 11.8 Å². The molecule has 0 fully saturated rings. The summed E-state index contributed by atoms with van der Waals surface area (Å²) in [5.41, 5.74) is 8.89. The molecule has 3 N–H and O–H groups in total. The van der Waals surface area contributed by atoms with E-state index >= 15 is 0 Å². The number of rotatable bonds is 2. The molecule has 2 nitrogen and oxygen atoms in total. The second kappa shape index (κ2) is 4.28. The zero-order chi connectivity index (χ0) is 11.7. The van der Waals surface area contributed by atoms with Gasteiger partial charge in [0.2, 0.25) is 0 Å². The Morgan fingerprint density at radius 1 is 1.20 bits per heavy atom. The molecule has 0 aromatic rings. The summed E-state index contributed by atoms with van der Waals surface area (Å²) in [5.74, 6) is 2.25. The van der Waals surface area contributed by atoms with E-state index in [1.54, 1.807) is 0 Å². The van der Waals surface area contributed by atoms with Crippen LogP contribution in [0.5, 0.6) is 0 Å². The minimum atomic E-state index is 0.107. The fraction of sp³-hybridized carbons (Fsp3) is 0.833. The molecule has 0 aromatic carbocycles. The third-order valence-corrected chi connectivity index (χ3v) is 4.81. The van der Waals surface area contributed by atoms with E-state index in [4.69, 9.17) is 5.73 Å². The van der Waals surface area contributed by atoms with Crippen LogP contribution >= 0.6 is 11.8 Å². The predicted octanol–water partition coefficient (Wildman–Crippen LogP) is 2.57. The van der Waals surface area contributed by atoms with E-state index in [1.165, 1.54) is 5.70 Å². The summed E-state index contributed by atoms with van der Waals surface area (Å²) < 4.78 is 0. The summed E-state index contributed by atoms with van der Waals surface area (Å²) in [7, 11) is 0. The first-order valence-electron chi connectivity index (χ1n) is 5.63. The lowest BCUT2D eigenvalue weighted by molar-refractivity contribution is 0.435. The number of nitrogens with two attached hydrogens (primary N) is 1. The Hall–Kier alpha value is -0.310. The maximum Gasteiger partial charge on any atom is 0.0369 e. The number of allylic oxidation sites excluding steroid dienone is 2. The highest BCUT2D eigenvalue weighted by molar-refractivity contribution is 7.99. The Labute approximate surface area is 98.1 Å². The van der Waals surface area contributed by atoms with E-state index in [-0.39, 0.29) is 10.8 Å². The molecule has 0 atom stereocenters. The SMILES string of the molecule is CCNC1=C(N)C(C)(C)CSCC1(C)C. The Kier molecular flexibility index (Phi) is 3.64. The normalized spacial score (nSPS) is 24.9. The van der Waals surface area contributed by atoms with E-state index < -0.39 is 0 Å². The molecule has 3 heteroatoms. The van der Waals surface area contributed by atoms with Crippen molar-refractivity contribution in [3.05, 3.63) is 11.4 Å². The zero-order valence-corrected chi connectivity index (χ0v) is 11.4. The number of nitrogens with one attached hydrogen (secondary N) is 1. The van der Waals surface area contributed by atoms with Crippen LogP contribution in [0.4, 0.5) is 0 Å². The molecular formula is C12H24N2S. The van der Waals surface area contributed by atoms with Crippen LogP contribution in [-0.2, 0) is 0 Å². The molecule has 0 unspecified atom stereocenters. The third kappa shape index (κ3) is 2.63. The summed E-state index contributed by atoms with van der Waals surface area (Å²) in [6.45, 7) is 12.1. The molecule has 1 aliphatic heterocycles. The van der Waals surface area contributed by atoms with Crippen LogP contribution in [0.25, 0.3) is 0 Å². The molecule has 0 aromatic heterocycles. The molecule has 15 heavy (non-hydrogen) atoms. The molecule has 1 rings (SSSR count). The largest absolute Gasteiger partial charge is 0.400 e. The highest BCUT2D eigenvalue weighted by Crippen LogP contribution is 2.41. The Morgan fingerprint density at radius 2 is 1.73 bits per heavy atom. The second-order valence-electron chi connectivity index (χ2n) is 5.58. The minimum absolute atomic E-state index is 0.107. The summed E-state index contributed by atoms with van der Waals surface area (Å²) in [6.07, 6.45) is 0. The Balaban J connectivity index is 3.14. The van der Waals surface area contributed by atoms with Crippen LogP contribution in [0.1, 0.15) is 34.6 Å². The second-order valence-corrected chi connectivity index (χ2v) is 6.57. The van der Waals surface area contributed by atoms with Gasteiger partial charge in [-0.25, -0.2) is 0 Å². The van der Waals surface area contributed by atoms with Crippen LogP contribution in [0.15, 0.2) is 11.4 Å². The Morgan fingerprint density at radius 3 is 2.27 bits per heavy atom. The van der Waals surface area contributed by atoms with Crippen molar-refractivity contribution in [2.24, 2.45) is 16.6 Å². The van der Waals surface area contributed by atoms with Crippen molar-refractivity contribution in [1.82, 2.24) is 5.32 Å². The zero-order valence-electron chi connectivity index (χ0n) is 10.6. The monoisotopic (exact) mass is 228 g/mol. The van der Waals surface area contributed by atoms with Crippen molar-refractivity contribution in [2.75, 3.05) is 18.1 Å². The van der Waals surface area contributed by atoms with Gasteiger partial charge in [0.1, 0.15) is 0 Å². The topological polar surface area (TPSA) is 38.0 Å². The molecule has 0 amide bonds. The van der Waals surface area contributed by atoms with Gasteiger partial charge in [-0.15, -0.1) is 0 Å². The van der Waals surface area contributed by atoms with Crippen molar-refractivity contribution in [1.29, 1.82) is 0 Å². The van der Waals surface area contributed by atoms with E-state index in [0.29, 0.717) is 0 Å². The van der Waals surface area contributed by atoms with Crippen molar-refractivity contribution in [3.63, 3.8) is 0 Å². The van der Waals surface area contributed by atoms with Crippen LogP contribution in [0.2, 0.25) is 0 Å². The molecule has 88 valence electrons. The van der Waals surface area contributed by atoms with Gasteiger partial charge >= 0.3 is 0 Å². The van der Waals surface area contributed by atoms with Crippen molar-refractivity contribution in [3.8, 4) is 0 Å². The van der Waals surface area contributed by atoms with Gasteiger partial charge in [-0.3, -0.25) is 0 Å². The molecule has 1 aliphatic rings. The number of thioether (sulfide) groups is 1. The molecule has 0 bridgehead atoms. The Bertz CT molecular complexity index is 267. The maximum atomic E-state index is 6.32. The lowest BCUT2D eigenvalue weighted by Crippen LogP contribution is -2.34. The molecule has 0 radical (unpaired) electrons. The molecule has 0 saturated carbocycles. The molecule has 0 aliphatic carbocycles. The quantitative estimate of drug-likeness (QED) is 0.763. The van der Waals surface area contributed by atoms with E-state index in [9.17, 15) is 0 Å². The highest BCUT2D eigenvalue weighted by atomic mass is 32.2. The van der Waals surface area contributed by atoms with Gasteiger partial charge in [-0.1, -0.05) is 27.7 Å².